The summed E-state index contributed by atoms with van der Waals surface area (Å²) in [4.78, 5) is 21.4. The van der Waals surface area contributed by atoms with Crippen LogP contribution >= 0.6 is 23.4 Å². The molecule has 0 bridgehead atoms. The second-order valence-corrected chi connectivity index (χ2v) is 3.02. The molecule has 1 heterocycles. The minimum Gasteiger partial charge on any atom is -0.291 e. The molecule has 0 aromatic heterocycles. The summed E-state index contributed by atoms with van der Waals surface area (Å²) >= 11 is 6.28. The highest BCUT2D eigenvalue weighted by Gasteiger charge is 2.17. The van der Waals surface area contributed by atoms with Gasteiger partial charge in [0.15, 0.2) is 5.78 Å². The number of carbonyl (C=O) groups is 2. The van der Waals surface area contributed by atoms with E-state index in [1.807, 2.05) is 0 Å². The molecule has 11 heavy (non-hydrogen) atoms. The summed E-state index contributed by atoms with van der Waals surface area (Å²) < 4.78 is 0. The minimum atomic E-state index is -0.240. The minimum absolute atomic E-state index is 0.0880. The van der Waals surface area contributed by atoms with E-state index in [2.05, 4.69) is 10.5 Å². The van der Waals surface area contributed by atoms with Crippen molar-refractivity contribution in [1.29, 1.82) is 0 Å². The quantitative estimate of drug-likeness (QED) is 0.652. The molecule has 6 heteroatoms. The van der Waals surface area contributed by atoms with E-state index in [4.69, 9.17) is 11.6 Å². The Bertz CT molecular complexity index is 229. The molecule has 0 radical (unpaired) electrons. The lowest BCUT2D eigenvalue weighted by Crippen LogP contribution is -2.29. The highest BCUT2D eigenvalue weighted by Crippen LogP contribution is 2.07. The number of nitrogens with zero attached hydrogens (tertiary/aromatic N) is 1. The molecule has 0 aromatic carbocycles. The summed E-state index contributed by atoms with van der Waals surface area (Å²) in [5.41, 5.74) is 2.50. The van der Waals surface area contributed by atoms with Gasteiger partial charge in [0.1, 0.15) is 5.71 Å². The predicted molar refractivity (Wildman–Crippen MR) is 44.2 cm³/mol. The zero-order valence-electron chi connectivity index (χ0n) is 5.46. The van der Waals surface area contributed by atoms with Crippen LogP contribution in [-0.2, 0) is 4.79 Å². The van der Waals surface area contributed by atoms with Crippen LogP contribution in [0.15, 0.2) is 5.10 Å². The van der Waals surface area contributed by atoms with E-state index in [0.29, 0.717) is 11.5 Å². The second kappa shape index (κ2) is 3.73. The molecule has 0 atom stereocenters. The number of hydrogen-bond donors (Lipinski definition) is 1. The van der Waals surface area contributed by atoms with Crippen molar-refractivity contribution in [3.8, 4) is 0 Å². The summed E-state index contributed by atoms with van der Waals surface area (Å²) in [6.07, 6.45) is 0. The van der Waals surface area contributed by atoms with Crippen LogP contribution < -0.4 is 5.43 Å². The molecule has 0 saturated carbocycles. The van der Waals surface area contributed by atoms with Gasteiger partial charge in [0.25, 0.3) is 5.24 Å². The third kappa shape index (κ3) is 2.20. The van der Waals surface area contributed by atoms with E-state index < -0.39 is 0 Å². The summed E-state index contributed by atoms with van der Waals surface area (Å²) in [5.74, 6) is -0.00806. The van der Waals surface area contributed by atoms with Crippen LogP contribution in [0.25, 0.3) is 0 Å². The summed E-state index contributed by atoms with van der Waals surface area (Å²) in [6, 6.07) is 0. The van der Waals surface area contributed by atoms with Crippen LogP contribution in [0.1, 0.15) is 0 Å². The molecule has 0 aromatic rings. The van der Waals surface area contributed by atoms with E-state index >= 15 is 0 Å². The molecule has 60 valence electrons. The number of amides is 1. The van der Waals surface area contributed by atoms with Crippen LogP contribution in [-0.4, -0.2) is 28.4 Å². The number of thioether (sulfide) groups is 1. The first-order valence-electron chi connectivity index (χ1n) is 2.82. The molecule has 1 amide bonds. The smallest absolute Gasteiger partial charge is 0.291 e. The number of nitrogens with one attached hydrogen (secondary N) is 1. The summed E-state index contributed by atoms with van der Waals surface area (Å²) in [6.45, 7) is 0. The Morgan fingerprint density at radius 3 is 3.00 bits per heavy atom. The number of Topliss-reactive ketones (excluding diaryl/α,β-unsaturated/α-hetero) is 1. The van der Waals surface area contributed by atoms with Crippen LogP contribution in [0, 0.1) is 0 Å². The zero-order chi connectivity index (χ0) is 8.27. The van der Waals surface area contributed by atoms with Gasteiger partial charge < -0.3 is 0 Å². The first kappa shape index (κ1) is 8.55. The van der Waals surface area contributed by atoms with Crippen molar-refractivity contribution in [2.45, 2.75) is 0 Å². The standard InChI is InChI=1S/C5H5ClN2O2S/c6-1-4(9)3-2-11-5(10)8-7-3/h1-2H2,(H,8,10). The first-order valence-corrected chi connectivity index (χ1v) is 4.34. The normalized spacial score (nSPS) is 17.2. The molecule has 0 spiro atoms. The second-order valence-electron chi connectivity index (χ2n) is 1.80. The Kier molecular flexibility index (Phi) is 2.90. The highest BCUT2D eigenvalue weighted by molar-refractivity contribution is 8.14. The van der Waals surface area contributed by atoms with Gasteiger partial charge in [0.05, 0.1) is 11.6 Å². The largest absolute Gasteiger partial charge is 0.299 e. The Labute approximate surface area is 72.4 Å². The Morgan fingerprint density at radius 2 is 2.55 bits per heavy atom. The van der Waals surface area contributed by atoms with Crippen molar-refractivity contribution < 1.29 is 9.59 Å². The maximum atomic E-state index is 10.8. The molecule has 1 N–H and O–H groups in total. The maximum absolute atomic E-state index is 10.8. The number of halogens is 1. The van der Waals surface area contributed by atoms with E-state index in [1.165, 1.54) is 0 Å². The van der Waals surface area contributed by atoms with Gasteiger partial charge in [-0.2, -0.15) is 5.10 Å². The van der Waals surface area contributed by atoms with Crippen molar-refractivity contribution in [1.82, 2.24) is 5.43 Å². The first-order chi connectivity index (χ1) is 5.24. The van der Waals surface area contributed by atoms with Gasteiger partial charge in [-0.1, -0.05) is 11.8 Å². The van der Waals surface area contributed by atoms with Crippen molar-refractivity contribution in [2.24, 2.45) is 5.10 Å². The van der Waals surface area contributed by atoms with Gasteiger partial charge in [-0.15, -0.1) is 11.6 Å². The Hall–Kier alpha value is -0.550. The topological polar surface area (TPSA) is 58.5 Å². The molecular formula is C5H5ClN2O2S. The van der Waals surface area contributed by atoms with Crippen LogP contribution in [0.4, 0.5) is 4.79 Å². The molecule has 0 unspecified atom stereocenters. The zero-order valence-corrected chi connectivity index (χ0v) is 7.04. The van der Waals surface area contributed by atoms with E-state index in [-0.39, 0.29) is 16.9 Å². The molecule has 1 rings (SSSR count). The number of hydrazone groups is 1. The van der Waals surface area contributed by atoms with Crippen molar-refractivity contribution in [3.63, 3.8) is 0 Å². The maximum Gasteiger partial charge on any atom is 0.299 e. The van der Waals surface area contributed by atoms with Gasteiger partial charge in [-0.25, -0.2) is 5.43 Å². The molecular weight excluding hydrogens is 188 g/mol. The lowest BCUT2D eigenvalue weighted by molar-refractivity contribution is -0.110. The molecule has 1 aliphatic heterocycles. The summed E-state index contributed by atoms with van der Waals surface area (Å²) in [7, 11) is 0. The lowest BCUT2D eigenvalue weighted by atomic mass is 10.3. The third-order valence-corrected chi connectivity index (χ3v) is 2.08. The van der Waals surface area contributed by atoms with E-state index in [1.54, 1.807) is 0 Å². The number of alkyl halides is 1. The van der Waals surface area contributed by atoms with E-state index in [0.717, 1.165) is 11.8 Å². The van der Waals surface area contributed by atoms with Crippen LogP contribution in [0.2, 0.25) is 0 Å². The average molecular weight is 193 g/mol. The molecule has 4 nitrogen and oxygen atoms in total. The number of carbonyl (C=O) groups excluding carboxylic acids is 2. The molecule has 1 aliphatic rings. The molecule has 0 saturated heterocycles. The van der Waals surface area contributed by atoms with Gasteiger partial charge in [0, 0.05) is 0 Å². The number of rotatable bonds is 2. The average Bonchev–Trinajstić information content (AvgIpc) is 2.05. The Morgan fingerprint density at radius 1 is 1.82 bits per heavy atom. The lowest BCUT2D eigenvalue weighted by Gasteiger charge is -2.08. The summed E-state index contributed by atoms with van der Waals surface area (Å²) in [5, 5.41) is 3.30. The van der Waals surface area contributed by atoms with Crippen molar-refractivity contribution >= 4 is 40.1 Å². The number of hydrogen-bond acceptors (Lipinski definition) is 4. The highest BCUT2D eigenvalue weighted by atomic mass is 35.5. The van der Waals surface area contributed by atoms with Gasteiger partial charge in [0.2, 0.25) is 0 Å². The SMILES string of the molecule is O=C1NN=C(C(=O)CCl)CS1. The monoisotopic (exact) mass is 192 g/mol. The Balaban J connectivity index is 2.61. The third-order valence-electron chi connectivity index (χ3n) is 1.07. The van der Waals surface area contributed by atoms with Gasteiger partial charge in [-0.05, 0) is 0 Å². The predicted octanol–water partition coefficient (Wildman–Crippen LogP) is 0.607. The van der Waals surface area contributed by atoms with Crippen LogP contribution in [0.3, 0.4) is 0 Å². The van der Waals surface area contributed by atoms with Crippen molar-refractivity contribution in [3.05, 3.63) is 0 Å². The molecule has 0 fully saturated rings. The molecule has 0 aliphatic carbocycles. The fourth-order valence-corrected chi connectivity index (χ4v) is 1.29. The number of ketones is 1. The van der Waals surface area contributed by atoms with Gasteiger partial charge >= 0.3 is 0 Å². The fraction of sp³-hybridized carbons (Fsp3) is 0.400. The van der Waals surface area contributed by atoms with Gasteiger partial charge in [-0.3, -0.25) is 9.59 Å². The van der Waals surface area contributed by atoms with Crippen molar-refractivity contribution in [2.75, 3.05) is 11.6 Å². The van der Waals surface area contributed by atoms with Crippen LogP contribution in [0.5, 0.6) is 0 Å². The fourth-order valence-electron chi connectivity index (χ4n) is 0.532. The van der Waals surface area contributed by atoms with E-state index in [9.17, 15) is 9.59 Å².